The van der Waals surface area contributed by atoms with E-state index in [0.29, 0.717) is 47.3 Å². The third kappa shape index (κ3) is 7.03. The molecule has 0 aliphatic carbocycles. The number of amides is 2. The van der Waals surface area contributed by atoms with Crippen LogP contribution in [0.4, 0.5) is 22.7 Å². The van der Waals surface area contributed by atoms with Crippen molar-refractivity contribution in [3.63, 3.8) is 0 Å². The summed E-state index contributed by atoms with van der Waals surface area (Å²) in [5.41, 5.74) is 24.9. The Morgan fingerprint density at radius 2 is 1.12 bits per heavy atom. The van der Waals surface area contributed by atoms with E-state index in [0.717, 1.165) is 0 Å². The number of nitrogen functional groups attached to an aromatic ring is 2. The first-order valence-electron chi connectivity index (χ1n) is 8.95. The number of ether oxygens (including phenoxy) is 2. The van der Waals surface area contributed by atoms with E-state index in [9.17, 15) is 9.59 Å². The van der Waals surface area contributed by atoms with Crippen molar-refractivity contribution in [2.24, 2.45) is 11.5 Å². The van der Waals surface area contributed by atoms with Crippen molar-refractivity contribution in [3.05, 3.63) is 47.5 Å². The van der Waals surface area contributed by atoms with Crippen molar-refractivity contribution in [2.45, 2.75) is 0 Å². The molecular weight excluding hydrogens is 459 g/mol. The fraction of sp³-hybridized carbons (Fsp3) is 0.200. The van der Waals surface area contributed by atoms with Gasteiger partial charge in [0.15, 0.2) is 0 Å². The fourth-order valence-corrected chi connectivity index (χ4v) is 2.75. The molecule has 0 heterocycles. The Labute approximate surface area is 198 Å². The van der Waals surface area contributed by atoms with Gasteiger partial charge in [-0.2, -0.15) is 0 Å². The van der Waals surface area contributed by atoms with Gasteiger partial charge in [0.1, 0.15) is 22.9 Å². The molecule has 0 bridgehead atoms. The van der Waals surface area contributed by atoms with Crippen LogP contribution < -0.4 is 43.0 Å². The first-order valence-corrected chi connectivity index (χ1v) is 8.95. The van der Waals surface area contributed by atoms with Crippen LogP contribution in [0, 0.1) is 0 Å². The summed E-state index contributed by atoms with van der Waals surface area (Å²) in [5.74, 6) is -0.336. The number of rotatable bonds is 10. The van der Waals surface area contributed by atoms with Gasteiger partial charge in [0.2, 0.25) is 11.8 Å². The second kappa shape index (κ2) is 13.0. The highest BCUT2D eigenvalue weighted by Gasteiger charge is 2.13. The number of primary amides is 2. The Morgan fingerprint density at radius 1 is 0.781 bits per heavy atom. The van der Waals surface area contributed by atoms with Gasteiger partial charge in [-0.25, -0.2) is 0 Å². The quantitative estimate of drug-likeness (QED) is 0.217. The van der Waals surface area contributed by atoms with Crippen LogP contribution in [-0.4, -0.2) is 39.1 Å². The third-order valence-electron chi connectivity index (χ3n) is 4.23. The maximum absolute atomic E-state index is 11.3. The SMILES string of the molecule is COc1cc(C(N)=O)cc(N)c1NC/C=C/CNc1c(N)cc(C(N)=O)cc1OC.Cl.Cl. The van der Waals surface area contributed by atoms with Gasteiger partial charge < -0.3 is 43.0 Å². The highest BCUT2D eigenvalue weighted by Crippen LogP contribution is 2.33. The second-order valence-electron chi connectivity index (χ2n) is 6.25. The first kappa shape index (κ1) is 28.5. The van der Waals surface area contributed by atoms with Gasteiger partial charge in [0.05, 0.1) is 25.6 Å². The Hall–Kier alpha value is -3.50. The van der Waals surface area contributed by atoms with E-state index >= 15 is 0 Å². The van der Waals surface area contributed by atoms with Crippen LogP contribution in [0.25, 0.3) is 0 Å². The number of carbonyl (C=O) groups excluding carboxylic acids is 2. The maximum atomic E-state index is 11.3. The molecular formula is C20H28Cl2N6O4. The van der Waals surface area contributed by atoms with Gasteiger partial charge in [-0.3, -0.25) is 9.59 Å². The minimum atomic E-state index is -0.587. The van der Waals surface area contributed by atoms with Crippen LogP contribution >= 0.6 is 24.8 Å². The Balaban J connectivity index is 0.00000480. The molecule has 10 N–H and O–H groups in total. The number of hydrogen-bond donors (Lipinski definition) is 6. The summed E-state index contributed by atoms with van der Waals surface area (Å²) < 4.78 is 10.5. The van der Waals surface area contributed by atoms with Gasteiger partial charge in [0, 0.05) is 24.2 Å². The zero-order chi connectivity index (χ0) is 22.3. The molecule has 0 saturated carbocycles. The van der Waals surface area contributed by atoms with E-state index in [1.165, 1.54) is 38.5 Å². The van der Waals surface area contributed by atoms with Crippen molar-refractivity contribution in [2.75, 3.05) is 49.4 Å². The molecule has 12 heteroatoms. The van der Waals surface area contributed by atoms with E-state index in [1.807, 2.05) is 12.2 Å². The average molecular weight is 487 g/mol. The lowest BCUT2D eigenvalue weighted by molar-refractivity contribution is 0.0991. The Bertz CT molecular complexity index is 908. The highest BCUT2D eigenvalue weighted by molar-refractivity contribution is 5.97. The largest absolute Gasteiger partial charge is 0.494 e. The smallest absolute Gasteiger partial charge is 0.248 e. The highest BCUT2D eigenvalue weighted by atomic mass is 35.5. The summed E-state index contributed by atoms with van der Waals surface area (Å²) in [5, 5.41) is 6.27. The summed E-state index contributed by atoms with van der Waals surface area (Å²) in [6, 6.07) is 6.03. The molecule has 0 aliphatic rings. The van der Waals surface area contributed by atoms with Gasteiger partial charge in [-0.15, -0.1) is 24.8 Å². The molecule has 176 valence electrons. The van der Waals surface area contributed by atoms with Crippen molar-refractivity contribution in [1.29, 1.82) is 0 Å². The van der Waals surface area contributed by atoms with Crippen LogP contribution in [0.5, 0.6) is 11.5 Å². The number of benzene rings is 2. The van der Waals surface area contributed by atoms with Gasteiger partial charge in [-0.1, -0.05) is 12.2 Å². The van der Waals surface area contributed by atoms with E-state index in [1.54, 1.807) is 0 Å². The molecule has 2 rings (SSSR count). The molecule has 2 aromatic rings. The normalized spacial score (nSPS) is 9.94. The van der Waals surface area contributed by atoms with Crippen LogP contribution in [-0.2, 0) is 0 Å². The lowest BCUT2D eigenvalue weighted by Gasteiger charge is -2.14. The maximum Gasteiger partial charge on any atom is 0.248 e. The minimum absolute atomic E-state index is 0. The molecule has 0 unspecified atom stereocenters. The zero-order valence-electron chi connectivity index (χ0n) is 17.6. The van der Waals surface area contributed by atoms with Crippen molar-refractivity contribution in [3.8, 4) is 11.5 Å². The first-order chi connectivity index (χ1) is 14.3. The summed E-state index contributed by atoms with van der Waals surface area (Å²) in [6.07, 6.45) is 3.74. The lowest BCUT2D eigenvalue weighted by Crippen LogP contribution is -2.13. The van der Waals surface area contributed by atoms with E-state index < -0.39 is 11.8 Å². The predicted molar refractivity (Wildman–Crippen MR) is 132 cm³/mol. The molecule has 0 atom stereocenters. The molecule has 0 aliphatic heterocycles. The molecule has 0 aromatic heterocycles. The molecule has 0 saturated heterocycles. The minimum Gasteiger partial charge on any atom is -0.494 e. The number of nitrogens with one attached hydrogen (secondary N) is 2. The summed E-state index contributed by atoms with van der Waals surface area (Å²) in [7, 11) is 2.96. The Kier molecular flexibility index (Phi) is 11.6. The van der Waals surface area contributed by atoms with Crippen LogP contribution in [0.2, 0.25) is 0 Å². The van der Waals surface area contributed by atoms with Crippen molar-refractivity contribution >= 4 is 59.4 Å². The zero-order valence-corrected chi connectivity index (χ0v) is 19.3. The number of hydrogen-bond acceptors (Lipinski definition) is 8. The third-order valence-corrected chi connectivity index (χ3v) is 4.23. The summed E-state index contributed by atoms with van der Waals surface area (Å²) >= 11 is 0. The summed E-state index contributed by atoms with van der Waals surface area (Å²) in [6.45, 7) is 0.900. The average Bonchev–Trinajstić information content (AvgIpc) is 2.71. The van der Waals surface area contributed by atoms with Crippen molar-refractivity contribution in [1.82, 2.24) is 0 Å². The van der Waals surface area contributed by atoms with Gasteiger partial charge in [-0.05, 0) is 24.3 Å². The molecule has 2 aromatic carbocycles. The lowest BCUT2D eigenvalue weighted by atomic mass is 10.1. The number of carbonyl (C=O) groups is 2. The van der Waals surface area contributed by atoms with Gasteiger partial charge >= 0.3 is 0 Å². The second-order valence-corrected chi connectivity index (χ2v) is 6.25. The molecule has 0 fully saturated rings. The number of halogens is 2. The number of nitrogens with two attached hydrogens (primary N) is 4. The van der Waals surface area contributed by atoms with E-state index in [4.69, 9.17) is 32.4 Å². The summed E-state index contributed by atoms with van der Waals surface area (Å²) in [4.78, 5) is 22.7. The van der Waals surface area contributed by atoms with E-state index in [2.05, 4.69) is 10.6 Å². The number of anilines is 4. The molecule has 0 spiro atoms. The van der Waals surface area contributed by atoms with Crippen LogP contribution in [0.3, 0.4) is 0 Å². The molecule has 2 amide bonds. The standard InChI is InChI=1S/C20H26N6O4.2ClH/c1-29-15-9-11(19(23)27)7-13(21)17(15)25-5-3-4-6-26-18-14(22)8-12(20(24)28)10-16(18)30-2;;/h3-4,7-10,25-26H,5-6,21-22H2,1-2H3,(H2,23,27)(H2,24,28);2*1H/b4-3+;;. The monoisotopic (exact) mass is 486 g/mol. The van der Waals surface area contributed by atoms with Crippen LogP contribution in [0.1, 0.15) is 20.7 Å². The number of methoxy groups -OCH3 is 2. The Morgan fingerprint density at radius 3 is 1.41 bits per heavy atom. The predicted octanol–water partition coefficient (Wildman–Crippen LogP) is 1.99. The fourth-order valence-electron chi connectivity index (χ4n) is 2.75. The molecule has 32 heavy (non-hydrogen) atoms. The molecule has 10 nitrogen and oxygen atoms in total. The van der Waals surface area contributed by atoms with E-state index in [-0.39, 0.29) is 35.9 Å². The topological polar surface area (TPSA) is 181 Å². The molecule has 0 radical (unpaired) electrons. The van der Waals surface area contributed by atoms with Crippen molar-refractivity contribution < 1.29 is 19.1 Å². The van der Waals surface area contributed by atoms with Gasteiger partial charge in [0.25, 0.3) is 0 Å². The van der Waals surface area contributed by atoms with Crippen LogP contribution in [0.15, 0.2) is 36.4 Å².